The van der Waals surface area contributed by atoms with E-state index in [4.69, 9.17) is 23.2 Å². The normalized spacial score (nSPS) is 12.3. The van der Waals surface area contributed by atoms with Gasteiger partial charge in [-0.25, -0.2) is 0 Å². The minimum absolute atomic E-state index is 0.0306. The van der Waals surface area contributed by atoms with Crippen molar-refractivity contribution in [2.24, 2.45) is 0 Å². The second kappa shape index (κ2) is 7.82. The first-order chi connectivity index (χ1) is 11.0. The van der Waals surface area contributed by atoms with Crippen molar-refractivity contribution in [1.29, 1.82) is 5.26 Å². The Morgan fingerprint density at radius 1 is 1.17 bits per heavy atom. The van der Waals surface area contributed by atoms with E-state index in [9.17, 15) is 10.1 Å². The smallest absolute Gasteiger partial charge is 0.262 e. The van der Waals surface area contributed by atoms with Crippen LogP contribution in [0.1, 0.15) is 24.1 Å². The fraction of sp³-hybridized carbons (Fsp3) is 0.111. The molecule has 2 aromatic rings. The number of halogens is 2. The number of rotatable bonds is 4. The van der Waals surface area contributed by atoms with E-state index in [2.05, 4.69) is 5.32 Å². The Balaban J connectivity index is 2.21. The van der Waals surface area contributed by atoms with Gasteiger partial charge in [-0.05, 0) is 30.2 Å². The van der Waals surface area contributed by atoms with Crippen molar-refractivity contribution in [3.63, 3.8) is 0 Å². The first-order valence-corrected chi connectivity index (χ1v) is 7.70. The average Bonchev–Trinajstić information content (AvgIpc) is 2.56. The first-order valence-electron chi connectivity index (χ1n) is 6.94. The van der Waals surface area contributed by atoms with Gasteiger partial charge in [-0.2, -0.15) is 5.26 Å². The van der Waals surface area contributed by atoms with E-state index < -0.39 is 5.91 Å². The van der Waals surface area contributed by atoms with E-state index in [1.807, 2.05) is 43.3 Å². The number of hydrogen-bond acceptors (Lipinski definition) is 2. The summed E-state index contributed by atoms with van der Waals surface area (Å²) < 4.78 is 0. The molecule has 0 saturated carbocycles. The lowest BCUT2D eigenvalue weighted by molar-refractivity contribution is -0.117. The van der Waals surface area contributed by atoms with Crippen molar-refractivity contribution in [2.75, 3.05) is 0 Å². The van der Waals surface area contributed by atoms with Crippen LogP contribution in [0.2, 0.25) is 10.0 Å². The van der Waals surface area contributed by atoms with Crippen LogP contribution in [-0.2, 0) is 4.79 Å². The quantitative estimate of drug-likeness (QED) is 0.641. The summed E-state index contributed by atoms with van der Waals surface area (Å²) in [6.07, 6.45) is 1.43. The molecule has 0 radical (unpaired) electrons. The SMILES string of the molecule is C[C@H](NC(=O)/C(C#N)=C\c1cccc(Cl)c1Cl)c1ccccc1. The summed E-state index contributed by atoms with van der Waals surface area (Å²) in [5.74, 6) is -0.458. The fourth-order valence-corrected chi connectivity index (χ4v) is 2.40. The Labute approximate surface area is 145 Å². The third-order valence-corrected chi connectivity index (χ3v) is 4.13. The molecule has 2 aromatic carbocycles. The monoisotopic (exact) mass is 344 g/mol. The van der Waals surface area contributed by atoms with Gasteiger partial charge in [0.1, 0.15) is 11.6 Å². The first kappa shape index (κ1) is 17.1. The molecule has 0 aromatic heterocycles. The van der Waals surface area contributed by atoms with Gasteiger partial charge < -0.3 is 5.32 Å². The molecule has 0 unspecified atom stereocenters. The van der Waals surface area contributed by atoms with Gasteiger partial charge in [-0.1, -0.05) is 65.7 Å². The van der Waals surface area contributed by atoms with Crippen molar-refractivity contribution in [3.05, 3.63) is 75.3 Å². The second-order valence-corrected chi connectivity index (χ2v) is 5.70. The van der Waals surface area contributed by atoms with Crippen molar-refractivity contribution in [2.45, 2.75) is 13.0 Å². The lowest BCUT2D eigenvalue weighted by Crippen LogP contribution is -2.27. The lowest BCUT2D eigenvalue weighted by Gasteiger charge is -2.13. The Bertz CT molecular complexity index is 779. The van der Waals surface area contributed by atoms with Crippen LogP contribution < -0.4 is 5.32 Å². The number of carbonyl (C=O) groups is 1. The van der Waals surface area contributed by atoms with Gasteiger partial charge in [0.25, 0.3) is 5.91 Å². The van der Waals surface area contributed by atoms with Crippen molar-refractivity contribution in [3.8, 4) is 6.07 Å². The molecule has 116 valence electrons. The number of nitrogens with one attached hydrogen (secondary N) is 1. The van der Waals surface area contributed by atoms with Crippen LogP contribution in [0.15, 0.2) is 54.1 Å². The maximum absolute atomic E-state index is 12.3. The molecule has 0 aliphatic rings. The third-order valence-electron chi connectivity index (χ3n) is 3.29. The van der Waals surface area contributed by atoms with Crippen LogP contribution in [0, 0.1) is 11.3 Å². The molecule has 2 rings (SSSR count). The Hall–Kier alpha value is -2.28. The highest BCUT2D eigenvalue weighted by atomic mass is 35.5. The largest absolute Gasteiger partial charge is 0.345 e. The van der Waals surface area contributed by atoms with E-state index in [0.717, 1.165) is 5.56 Å². The van der Waals surface area contributed by atoms with Crippen LogP contribution in [0.25, 0.3) is 6.08 Å². The molecule has 1 amide bonds. The summed E-state index contributed by atoms with van der Waals surface area (Å²) in [5.41, 5.74) is 1.45. The predicted octanol–water partition coefficient (Wildman–Crippen LogP) is 4.78. The van der Waals surface area contributed by atoms with Gasteiger partial charge in [0.2, 0.25) is 0 Å². The van der Waals surface area contributed by atoms with Crippen LogP contribution in [0.5, 0.6) is 0 Å². The van der Waals surface area contributed by atoms with Crippen molar-refractivity contribution in [1.82, 2.24) is 5.32 Å². The number of amides is 1. The molecule has 1 atom stereocenters. The van der Waals surface area contributed by atoms with Gasteiger partial charge in [-0.3, -0.25) is 4.79 Å². The van der Waals surface area contributed by atoms with E-state index >= 15 is 0 Å². The highest BCUT2D eigenvalue weighted by Gasteiger charge is 2.14. The Kier molecular flexibility index (Phi) is 5.81. The van der Waals surface area contributed by atoms with Crippen molar-refractivity contribution < 1.29 is 4.79 Å². The van der Waals surface area contributed by atoms with E-state index in [0.29, 0.717) is 15.6 Å². The Morgan fingerprint density at radius 3 is 2.52 bits per heavy atom. The summed E-state index contributed by atoms with van der Waals surface area (Å²) in [6.45, 7) is 1.86. The van der Waals surface area contributed by atoms with Crippen LogP contribution in [0.4, 0.5) is 0 Å². The standard InChI is InChI=1S/C18H14Cl2N2O/c1-12(13-6-3-2-4-7-13)22-18(23)15(11-21)10-14-8-5-9-16(19)17(14)20/h2-10,12H,1H3,(H,22,23)/b15-10-/t12-/m0/s1. The molecule has 1 N–H and O–H groups in total. The van der Waals surface area contributed by atoms with Gasteiger partial charge in [0, 0.05) is 0 Å². The average molecular weight is 345 g/mol. The van der Waals surface area contributed by atoms with Crippen LogP contribution in [-0.4, -0.2) is 5.91 Å². The number of hydrogen-bond donors (Lipinski definition) is 1. The molecular weight excluding hydrogens is 331 g/mol. The number of carbonyl (C=O) groups excluding carboxylic acids is 1. The topological polar surface area (TPSA) is 52.9 Å². The molecule has 0 fully saturated rings. The minimum atomic E-state index is -0.458. The van der Waals surface area contributed by atoms with Crippen LogP contribution >= 0.6 is 23.2 Å². The molecular formula is C18H14Cl2N2O. The lowest BCUT2D eigenvalue weighted by atomic mass is 10.1. The maximum Gasteiger partial charge on any atom is 0.262 e. The number of nitrogens with zero attached hydrogens (tertiary/aromatic N) is 1. The molecule has 0 spiro atoms. The molecule has 0 saturated heterocycles. The summed E-state index contributed by atoms with van der Waals surface area (Å²) in [7, 11) is 0. The highest BCUT2D eigenvalue weighted by Crippen LogP contribution is 2.27. The summed E-state index contributed by atoms with van der Waals surface area (Å²) in [4.78, 5) is 12.3. The summed E-state index contributed by atoms with van der Waals surface area (Å²) in [6, 6.07) is 16.2. The number of benzene rings is 2. The zero-order chi connectivity index (χ0) is 16.8. The maximum atomic E-state index is 12.3. The van der Waals surface area contributed by atoms with Gasteiger partial charge >= 0.3 is 0 Å². The van der Waals surface area contributed by atoms with E-state index in [-0.39, 0.29) is 11.6 Å². The van der Waals surface area contributed by atoms with E-state index in [1.165, 1.54) is 6.08 Å². The zero-order valence-electron chi connectivity index (χ0n) is 12.4. The fourth-order valence-electron chi connectivity index (χ4n) is 2.04. The Morgan fingerprint density at radius 2 is 1.87 bits per heavy atom. The summed E-state index contributed by atoms with van der Waals surface area (Å²) in [5, 5.41) is 12.7. The minimum Gasteiger partial charge on any atom is -0.345 e. The molecule has 3 nitrogen and oxygen atoms in total. The van der Waals surface area contributed by atoms with Gasteiger partial charge in [-0.15, -0.1) is 0 Å². The van der Waals surface area contributed by atoms with Crippen molar-refractivity contribution >= 4 is 35.2 Å². The molecule has 0 aliphatic heterocycles. The third kappa shape index (κ3) is 4.35. The molecule has 0 bridgehead atoms. The predicted molar refractivity (Wildman–Crippen MR) is 93.1 cm³/mol. The molecule has 0 heterocycles. The van der Waals surface area contributed by atoms with Crippen LogP contribution in [0.3, 0.4) is 0 Å². The van der Waals surface area contributed by atoms with Gasteiger partial charge in [0.05, 0.1) is 16.1 Å². The summed E-state index contributed by atoms with van der Waals surface area (Å²) >= 11 is 12.0. The highest BCUT2D eigenvalue weighted by molar-refractivity contribution is 6.43. The number of nitriles is 1. The molecule has 0 aliphatic carbocycles. The second-order valence-electron chi connectivity index (χ2n) is 4.92. The molecule has 23 heavy (non-hydrogen) atoms. The molecule has 5 heteroatoms. The van der Waals surface area contributed by atoms with E-state index in [1.54, 1.807) is 18.2 Å². The van der Waals surface area contributed by atoms with Gasteiger partial charge in [0.15, 0.2) is 0 Å². The zero-order valence-corrected chi connectivity index (χ0v) is 13.9.